The summed E-state index contributed by atoms with van der Waals surface area (Å²) in [4.78, 5) is 12.1. The van der Waals surface area contributed by atoms with Gasteiger partial charge in [-0.1, -0.05) is 13.3 Å². The van der Waals surface area contributed by atoms with E-state index in [0.717, 1.165) is 32.4 Å². The van der Waals surface area contributed by atoms with E-state index in [-0.39, 0.29) is 24.5 Å². The summed E-state index contributed by atoms with van der Waals surface area (Å²) in [5.74, 6) is 1.53. The number of aliphatic hydroxyl groups excluding tert-OH is 1. The predicted molar refractivity (Wildman–Crippen MR) is 75.7 cm³/mol. The maximum Gasteiger partial charge on any atom is 0.220 e. The molecular formula is C15H28N2O2. The summed E-state index contributed by atoms with van der Waals surface area (Å²) in [5.41, 5.74) is 0. The van der Waals surface area contributed by atoms with Gasteiger partial charge in [-0.25, -0.2) is 0 Å². The molecule has 1 saturated carbocycles. The van der Waals surface area contributed by atoms with Crippen molar-refractivity contribution in [2.75, 3.05) is 19.7 Å². The van der Waals surface area contributed by atoms with E-state index in [2.05, 4.69) is 17.6 Å². The quantitative estimate of drug-likeness (QED) is 0.704. The normalized spacial score (nSPS) is 33.1. The van der Waals surface area contributed by atoms with Crippen LogP contribution in [0.2, 0.25) is 0 Å². The van der Waals surface area contributed by atoms with E-state index >= 15 is 0 Å². The first-order chi connectivity index (χ1) is 9.20. The van der Waals surface area contributed by atoms with Crippen LogP contribution in [0.1, 0.15) is 45.4 Å². The molecule has 2 fully saturated rings. The van der Waals surface area contributed by atoms with Gasteiger partial charge in [0.2, 0.25) is 5.91 Å². The Balaban J connectivity index is 1.74. The van der Waals surface area contributed by atoms with Crippen LogP contribution < -0.4 is 10.6 Å². The van der Waals surface area contributed by atoms with Crippen LogP contribution in [0.3, 0.4) is 0 Å². The van der Waals surface area contributed by atoms with Gasteiger partial charge >= 0.3 is 0 Å². The highest BCUT2D eigenvalue weighted by Gasteiger charge is 2.29. The summed E-state index contributed by atoms with van der Waals surface area (Å²) in [5, 5.41) is 15.8. The highest BCUT2D eigenvalue weighted by Crippen LogP contribution is 2.26. The number of carbonyl (C=O) groups excluding carboxylic acids is 1. The Kier molecular flexibility index (Phi) is 5.64. The van der Waals surface area contributed by atoms with Crippen molar-refractivity contribution in [3.05, 3.63) is 0 Å². The lowest BCUT2D eigenvalue weighted by Crippen LogP contribution is -2.40. The summed E-state index contributed by atoms with van der Waals surface area (Å²) in [6, 6.07) is 0.203. The standard InChI is InChI=1S/C15H28N2O2/c1-11(12-5-3-7-16-9-12)8-15(19)17-14-6-2-4-13(14)10-18/h11-14,16,18H,2-10H2,1H3,(H,17,19). The van der Waals surface area contributed by atoms with Gasteiger partial charge in [0.05, 0.1) is 0 Å². The Morgan fingerprint density at radius 3 is 2.89 bits per heavy atom. The second-order valence-corrected chi connectivity index (χ2v) is 6.34. The zero-order valence-corrected chi connectivity index (χ0v) is 12.0. The molecule has 1 aliphatic carbocycles. The van der Waals surface area contributed by atoms with Crippen LogP contribution in [-0.2, 0) is 4.79 Å². The van der Waals surface area contributed by atoms with Crippen molar-refractivity contribution in [2.45, 2.75) is 51.5 Å². The molecule has 1 amide bonds. The van der Waals surface area contributed by atoms with Crippen molar-refractivity contribution < 1.29 is 9.90 Å². The van der Waals surface area contributed by atoms with Gasteiger partial charge < -0.3 is 15.7 Å². The lowest BCUT2D eigenvalue weighted by Gasteiger charge is -2.28. The highest BCUT2D eigenvalue weighted by molar-refractivity contribution is 5.76. The minimum atomic E-state index is 0.170. The van der Waals surface area contributed by atoms with Gasteiger partial charge in [-0.05, 0) is 50.6 Å². The Morgan fingerprint density at radius 2 is 2.21 bits per heavy atom. The van der Waals surface area contributed by atoms with E-state index < -0.39 is 0 Å². The van der Waals surface area contributed by atoms with Gasteiger partial charge in [0.1, 0.15) is 0 Å². The van der Waals surface area contributed by atoms with Gasteiger partial charge in [0, 0.05) is 25.0 Å². The van der Waals surface area contributed by atoms with Gasteiger partial charge in [-0.2, -0.15) is 0 Å². The number of amides is 1. The van der Waals surface area contributed by atoms with Crippen LogP contribution in [0.5, 0.6) is 0 Å². The Labute approximate surface area is 116 Å². The summed E-state index contributed by atoms with van der Waals surface area (Å²) >= 11 is 0. The zero-order valence-electron chi connectivity index (χ0n) is 12.0. The highest BCUT2D eigenvalue weighted by atomic mass is 16.3. The lowest BCUT2D eigenvalue weighted by molar-refractivity contribution is -0.123. The summed E-state index contributed by atoms with van der Waals surface area (Å²) in [6.07, 6.45) is 6.29. The molecule has 1 saturated heterocycles. The topological polar surface area (TPSA) is 61.4 Å². The Hall–Kier alpha value is -0.610. The van der Waals surface area contributed by atoms with E-state index in [1.807, 2.05) is 0 Å². The minimum Gasteiger partial charge on any atom is -0.396 e. The molecule has 19 heavy (non-hydrogen) atoms. The lowest BCUT2D eigenvalue weighted by atomic mass is 9.85. The maximum absolute atomic E-state index is 12.1. The zero-order chi connectivity index (χ0) is 13.7. The SMILES string of the molecule is CC(CC(=O)NC1CCCC1CO)C1CCCNC1. The fourth-order valence-corrected chi connectivity index (χ4v) is 3.53. The number of aliphatic hydroxyl groups is 1. The third-order valence-corrected chi connectivity index (χ3v) is 4.89. The van der Waals surface area contributed by atoms with Crippen molar-refractivity contribution in [3.63, 3.8) is 0 Å². The summed E-state index contributed by atoms with van der Waals surface area (Å²) in [6.45, 7) is 4.56. The molecule has 0 bridgehead atoms. The van der Waals surface area contributed by atoms with E-state index in [4.69, 9.17) is 0 Å². The molecule has 0 spiro atoms. The molecule has 110 valence electrons. The van der Waals surface area contributed by atoms with E-state index in [1.165, 1.54) is 12.8 Å². The van der Waals surface area contributed by atoms with Crippen molar-refractivity contribution in [2.24, 2.45) is 17.8 Å². The first-order valence-corrected chi connectivity index (χ1v) is 7.81. The van der Waals surface area contributed by atoms with Gasteiger partial charge in [0.25, 0.3) is 0 Å². The first-order valence-electron chi connectivity index (χ1n) is 7.81. The van der Waals surface area contributed by atoms with Crippen molar-refractivity contribution in [1.82, 2.24) is 10.6 Å². The van der Waals surface area contributed by atoms with Gasteiger partial charge in [-0.15, -0.1) is 0 Å². The van der Waals surface area contributed by atoms with Crippen LogP contribution in [0.15, 0.2) is 0 Å². The molecule has 4 heteroatoms. The number of hydrogen-bond acceptors (Lipinski definition) is 3. The molecule has 2 rings (SSSR count). The molecular weight excluding hydrogens is 240 g/mol. The summed E-state index contributed by atoms with van der Waals surface area (Å²) < 4.78 is 0. The summed E-state index contributed by atoms with van der Waals surface area (Å²) in [7, 11) is 0. The first kappa shape index (κ1) is 14.8. The van der Waals surface area contributed by atoms with Crippen LogP contribution in [0.4, 0.5) is 0 Å². The van der Waals surface area contributed by atoms with Gasteiger partial charge in [0.15, 0.2) is 0 Å². The van der Waals surface area contributed by atoms with Gasteiger partial charge in [-0.3, -0.25) is 4.79 Å². The van der Waals surface area contributed by atoms with Crippen LogP contribution in [-0.4, -0.2) is 36.8 Å². The number of hydrogen-bond donors (Lipinski definition) is 3. The van der Waals surface area contributed by atoms with Crippen molar-refractivity contribution in [3.8, 4) is 0 Å². The fraction of sp³-hybridized carbons (Fsp3) is 0.933. The van der Waals surface area contributed by atoms with Crippen molar-refractivity contribution >= 4 is 5.91 Å². The van der Waals surface area contributed by atoms with Crippen LogP contribution >= 0.6 is 0 Å². The molecule has 3 N–H and O–H groups in total. The third-order valence-electron chi connectivity index (χ3n) is 4.89. The molecule has 0 aromatic carbocycles. The predicted octanol–water partition coefficient (Wildman–Crippen LogP) is 1.29. The molecule has 2 aliphatic rings. The molecule has 0 aromatic heterocycles. The molecule has 4 nitrogen and oxygen atoms in total. The van der Waals surface area contributed by atoms with Crippen LogP contribution in [0, 0.1) is 17.8 Å². The molecule has 4 atom stereocenters. The van der Waals surface area contributed by atoms with E-state index in [9.17, 15) is 9.90 Å². The minimum absolute atomic E-state index is 0.170. The van der Waals surface area contributed by atoms with E-state index in [0.29, 0.717) is 18.3 Å². The molecule has 1 heterocycles. The average molecular weight is 268 g/mol. The second-order valence-electron chi connectivity index (χ2n) is 6.34. The fourth-order valence-electron chi connectivity index (χ4n) is 3.53. The molecule has 0 radical (unpaired) electrons. The number of nitrogens with one attached hydrogen (secondary N) is 2. The Morgan fingerprint density at radius 1 is 1.37 bits per heavy atom. The van der Waals surface area contributed by atoms with Crippen LogP contribution in [0.25, 0.3) is 0 Å². The number of carbonyl (C=O) groups is 1. The van der Waals surface area contributed by atoms with E-state index in [1.54, 1.807) is 0 Å². The second kappa shape index (κ2) is 7.25. The third kappa shape index (κ3) is 4.18. The smallest absolute Gasteiger partial charge is 0.220 e. The monoisotopic (exact) mass is 268 g/mol. The number of rotatable bonds is 5. The Bertz CT molecular complexity index is 290. The molecule has 1 aliphatic heterocycles. The average Bonchev–Trinajstić information content (AvgIpc) is 2.86. The largest absolute Gasteiger partial charge is 0.396 e. The number of piperidine rings is 1. The molecule has 4 unspecified atom stereocenters. The maximum atomic E-state index is 12.1. The molecule has 0 aromatic rings. The van der Waals surface area contributed by atoms with Crippen molar-refractivity contribution in [1.29, 1.82) is 0 Å².